The van der Waals surface area contributed by atoms with Crippen LogP contribution in [-0.4, -0.2) is 31.7 Å². The molecule has 0 fully saturated rings. The number of hydrogen-bond acceptors (Lipinski definition) is 5. The summed E-state index contributed by atoms with van der Waals surface area (Å²) in [5, 5.41) is 16.0. The zero-order valence-electron chi connectivity index (χ0n) is 13.6. The Morgan fingerprint density at radius 1 is 1.33 bits per heavy atom. The molecular formula is C17H18N6O. The van der Waals surface area contributed by atoms with Crippen LogP contribution in [0.2, 0.25) is 0 Å². The van der Waals surface area contributed by atoms with Crippen LogP contribution in [-0.2, 0) is 13.1 Å². The molecule has 0 saturated carbocycles. The SMILES string of the molecule is C#CCn1cc(Nc2nnc(-c3cccc(OC)c3)n2CC)cn1. The lowest BCUT2D eigenvalue weighted by molar-refractivity contribution is 0.415. The van der Waals surface area contributed by atoms with E-state index in [1.165, 1.54) is 0 Å². The Morgan fingerprint density at radius 3 is 2.96 bits per heavy atom. The van der Waals surface area contributed by atoms with Gasteiger partial charge in [-0.05, 0) is 19.1 Å². The van der Waals surface area contributed by atoms with E-state index in [1.807, 2.05) is 42.0 Å². The first-order valence-electron chi connectivity index (χ1n) is 7.55. The molecule has 0 bridgehead atoms. The van der Waals surface area contributed by atoms with Crippen molar-refractivity contribution in [2.24, 2.45) is 0 Å². The predicted octanol–water partition coefficient (Wildman–Crippen LogP) is 2.55. The highest BCUT2D eigenvalue weighted by molar-refractivity contribution is 5.61. The molecule has 7 nitrogen and oxygen atoms in total. The molecule has 0 unspecified atom stereocenters. The van der Waals surface area contributed by atoms with Crippen LogP contribution >= 0.6 is 0 Å². The third-order valence-corrected chi connectivity index (χ3v) is 3.54. The molecule has 0 spiro atoms. The number of methoxy groups -OCH3 is 1. The van der Waals surface area contributed by atoms with Gasteiger partial charge in [0.2, 0.25) is 5.95 Å². The third kappa shape index (κ3) is 3.08. The molecule has 0 aliphatic heterocycles. The van der Waals surface area contributed by atoms with Crippen molar-refractivity contribution >= 4 is 11.6 Å². The number of aromatic nitrogens is 5. The molecule has 0 radical (unpaired) electrons. The van der Waals surface area contributed by atoms with Gasteiger partial charge in [0, 0.05) is 18.3 Å². The highest BCUT2D eigenvalue weighted by Crippen LogP contribution is 2.25. The van der Waals surface area contributed by atoms with E-state index in [1.54, 1.807) is 18.0 Å². The Kier molecular flexibility index (Phi) is 4.47. The second kappa shape index (κ2) is 6.87. The average Bonchev–Trinajstić information content (AvgIpc) is 3.22. The maximum atomic E-state index is 5.29. The van der Waals surface area contributed by atoms with Crippen LogP contribution in [0.15, 0.2) is 36.7 Å². The maximum absolute atomic E-state index is 5.29. The Bertz CT molecular complexity index is 873. The molecule has 0 amide bonds. The average molecular weight is 322 g/mol. The van der Waals surface area contributed by atoms with Gasteiger partial charge < -0.3 is 10.1 Å². The molecule has 122 valence electrons. The smallest absolute Gasteiger partial charge is 0.229 e. The molecule has 1 aromatic carbocycles. The number of rotatable bonds is 6. The largest absolute Gasteiger partial charge is 0.497 e. The number of nitrogens with zero attached hydrogens (tertiary/aromatic N) is 5. The number of benzene rings is 1. The second-order valence-electron chi connectivity index (χ2n) is 5.08. The number of terminal acetylenes is 1. The van der Waals surface area contributed by atoms with E-state index in [0.29, 0.717) is 12.5 Å². The first-order valence-corrected chi connectivity index (χ1v) is 7.55. The molecule has 0 atom stereocenters. The standard InChI is InChI=1S/C17H18N6O/c1-4-9-22-12-14(11-18-22)19-17-21-20-16(23(17)5-2)13-7-6-8-15(10-13)24-3/h1,6-8,10-12H,5,9H2,2-3H3,(H,19,21). The van der Waals surface area contributed by atoms with E-state index < -0.39 is 0 Å². The van der Waals surface area contributed by atoms with Crippen molar-refractivity contribution in [3.8, 4) is 29.5 Å². The van der Waals surface area contributed by atoms with Gasteiger partial charge in [-0.1, -0.05) is 18.1 Å². The monoisotopic (exact) mass is 322 g/mol. The van der Waals surface area contributed by atoms with E-state index in [4.69, 9.17) is 11.2 Å². The third-order valence-electron chi connectivity index (χ3n) is 3.54. The van der Waals surface area contributed by atoms with Gasteiger partial charge in [0.25, 0.3) is 0 Å². The first kappa shape index (κ1) is 15.6. The molecule has 0 aliphatic carbocycles. The van der Waals surface area contributed by atoms with Crippen LogP contribution in [0.25, 0.3) is 11.4 Å². The lowest BCUT2D eigenvalue weighted by Crippen LogP contribution is -2.03. The number of hydrogen-bond donors (Lipinski definition) is 1. The molecule has 7 heteroatoms. The summed E-state index contributed by atoms with van der Waals surface area (Å²) < 4.78 is 8.95. The molecule has 0 aliphatic rings. The van der Waals surface area contributed by atoms with Gasteiger partial charge in [-0.2, -0.15) is 5.10 Å². The van der Waals surface area contributed by atoms with E-state index in [-0.39, 0.29) is 0 Å². The number of nitrogens with one attached hydrogen (secondary N) is 1. The zero-order valence-corrected chi connectivity index (χ0v) is 13.6. The van der Waals surface area contributed by atoms with E-state index in [2.05, 4.69) is 26.5 Å². The molecule has 0 saturated heterocycles. The van der Waals surface area contributed by atoms with Crippen LogP contribution in [0.5, 0.6) is 5.75 Å². The predicted molar refractivity (Wildman–Crippen MR) is 92.0 cm³/mol. The summed E-state index contributed by atoms with van der Waals surface area (Å²) in [6.07, 6.45) is 8.83. The topological polar surface area (TPSA) is 69.8 Å². The van der Waals surface area contributed by atoms with Gasteiger partial charge in [-0.25, -0.2) is 0 Å². The van der Waals surface area contributed by atoms with E-state index in [0.717, 1.165) is 29.4 Å². The Balaban J connectivity index is 1.90. The summed E-state index contributed by atoms with van der Waals surface area (Å²) in [5.74, 6) is 4.75. The van der Waals surface area contributed by atoms with Crippen LogP contribution in [0.3, 0.4) is 0 Å². The van der Waals surface area contributed by atoms with Crippen LogP contribution < -0.4 is 10.1 Å². The second-order valence-corrected chi connectivity index (χ2v) is 5.08. The van der Waals surface area contributed by atoms with Gasteiger partial charge >= 0.3 is 0 Å². The van der Waals surface area contributed by atoms with Crippen molar-refractivity contribution < 1.29 is 4.74 Å². The summed E-state index contributed by atoms with van der Waals surface area (Å²) >= 11 is 0. The van der Waals surface area contributed by atoms with Crippen LogP contribution in [0.4, 0.5) is 11.6 Å². The van der Waals surface area contributed by atoms with Gasteiger partial charge in [-0.3, -0.25) is 9.25 Å². The Morgan fingerprint density at radius 2 is 2.21 bits per heavy atom. The van der Waals surface area contributed by atoms with Crippen molar-refractivity contribution in [3.05, 3.63) is 36.7 Å². The summed E-state index contributed by atoms with van der Waals surface area (Å²) in [4.78, 5) is 0. The van der Waals surface area contributed by atoms with E-state index >= 15 is 0 Å². The number of anilines is 2. The van der Waals surface area contributed by atoms with Gasteiger partial charge in [0.15, 0.2) is 5.82 Å². The molecule has 2 heterocycles. The Hall–Kier alpha value is -3.27. The fourth-order valence-corrected chi connectivity index (χ4v) is 2.41. The zero-order chi connectivity index (χ0) is 16.9. The fraction of sp³-hybridized carbons (Fsp3) is 0.235. The summed E-state index contributed by atoms with van der Waals surface area (Å²) in [6, 6.07) is 7.74. The molecule has 3 rings (SSSR count). The van der Waals surface area contributed by atoms with Crippen molar-refractivity contribution in [1.29, 1.82) is 0 Å². The highest BCUT2D eigenvalue weighted by atomic mass is 16.5. The van der Waals surface area contributed by atoms with Crippen molar-refractivity contribution in [2.45, 2.75) is 20.0 Å². The summed E-state index contributed by atoms with van der Waals surface area (Å²) in [6.45, 7) is 3.19. The molecule has 24 heavy (non-hydrogen) atoms. The van der Waals surface area contributed by atoms with Gasteiger partial charge in [-0.15, -0.1) is 16.6 Å². The first-order chi connectivity index (χ1) is 11.7. The maximum Gasteiger partial charge on any atom is 0.229 e. The quantitative estimate of drug-likeness (QED) is 0.706. The van der Waals surface area contributed by atoms with Crippen molar-refractivity contribution in [1.82, 2.24) is 24.5 Å². The van der Waals surface area contributed by atoms with E-state index in [9.17, 15) is 0 Å². The molecule has 3 aromatic rings. The van der Waals surface area contributed by atoms with Crippen molar-refractivity contribution in [2.75, 3.05) is 12.4 Å². The highest BCUT2D eigenvalue weighted by Gasteiger charge is 2.14. The molecule has 2 aromatic heterocycles. The van der Waals surface area contributed by atoms with Gasteiger partial charge in [0.05, 0.1) is 19.0 Å². The summed E-state index contributed by atoms with van der Waals surface area (Å²) in [7, 11) is 1.64. The lowest BCUT2D eigenvalue weighted by atomic mass is 10.2. The normalized spacial score (nSPS) is 10.4. The number of ether oxygens (including phenoxy) is 1. The van der Waals surface area contributed by atoms with Gasteiger partial charge in [0.1, 0.15) is 12.3 Å². The molecular weight excluding hydrogens is 304 g/mol. The van der Waals surface area contributed by atoms with Crippen LogP contribution in [0, 0.1) is 12.3 Å². The van der Waals surface area contributed by atoms with Crippen LogP contribution in [0.1, 0.15) is 6.92 Å². The summed E-state index contributed by atoms with van der Waals surface area (Å²) in [5.41, 5.74) is 1.75. The minimum atomic E-state index is 0.428. The minimum Gasteiger partial charge on any atom is -0.497 e. The minimum absolute atomic E-state index is 0.428. The molecule has 1 N–H and O–H groups in total. The van der Waals surface area contributed by atoms with Crippen molar-refractivity contribution in [3.63, 3.8) is 0 Å². The fourth-order valence-electron chi connectivity index (χ4n) is 2.41. The Labute approximate surface area is 140 Å². The lowest BCUT2D eigenvalue weighted by Gasteiger charge is -2.09.